The molecule has 0 saturated carbocycles. The normalized spacial score (nSPS) is 10.8. The Morgan fingerprint density at radius 3 is 2.67 bits per heavy atom. The lowest BCUT2D eigenvalue weighted by atomic mass is 10.3. The van der Waals surface area contributed by atoms with Crippen molar-refractivity contribution in [3.05, 3.63) is 64.4 Å². The molecule has 2 aromatic carbocycles. The number of hydrogen-bond donors (Lipinski definition) is 1. The van der Waals surface area contributed by atoms with E-state index in [0.29, 0.717) is 33.3 Å². The lowest BCUT2D eigenvalue weighted by Crippen LogP contribution is -2.15. The molecule has 0 saturated heterocycles. The second-order valence-electron chi connectivity index (χ2n) is 5.44. The molecule has 3 rings (SSSR count). The SMILES string of the molecule is COCc1nnc(SCC(=O)Nc2cccc(Cl)c2Cl)n1-c1ccccc1. The molecule has 0 aliphatic heterocycles. The van der Waals surface area contributed by atoms with E-state index in [1.165, 1.54) is 11.8 Å². The van der Waals surface area contributed by atoms with Crippen LogP contribution in [0.3, 0.4) is 0 Å². The molecule has 3 aromatic rings. The Bertz CT molecular complexity index is 934. The van der Waals surface area contributed by atoms with Crippen LogP contribution in [0.15, 0.2) is 53.7 Å². The number of carbonyl (C=O) groups excluding carboxylic acids is 1. The summed E-state index contributed by atoms with van der Waals surface area (Å²) in [6.45, 7) is 0.312. The molecular weight excluding hydrogens is 407 g/mol. The van der Waals surface area contributed by atoms with Gasteiger partial charge in [0.2, 0.25) is 5.91 Å². The minimum Gasteiger partial charge on any atom is -0.377 e. The molecular formula is C18H16Cl2N4O2S. The zero-order chi connectivity index (χ0) is 19.2. The Morgan fingerprint density at radius 1 is 1.15 bits per heavy atom. The summed E-state index contributed by atoms with van der Waals surface area (Å²) in [6, 6.07) is 14.7. The lowest BCUT2D eigenvalue weighted by molar-refractivity contribution is -0.113. The zero-order valence-electron chi connectivity index (χ0n) is 14.4. The Balaban J connectivity index is 1.74. The van der Waals surface area contributed by atoms with Crippen LogP contribution in [0.2, 0.25) is 10.0 Å². The average Bonchev–Trinajstić information content (AvgIpc) is 3.07. The summed E-state index contributed by atoms with van der Waals surface area (Å²) in [5, 5.41) is 12.4. The van der Waals surface area contributed by atoms with E-state index in [4.69, 9.17) is 27.9 Å². The summed E-state index contributed by atoms with van der Waals surface area (Å²) in [5.41, 5.74) is 1.37. The number of carbonyl (C=O) groups is 1. The van der Waals surface area contributed by atoms with Crippen molar-refractivity contribution in [2.75, 3.05) is 18.2 Å². The first-order valence-electron chi connectivity index (χ1n) is 7.95. The van der Waals surface area contributed by atoms with Crippen LogP contribution in [0.1, 0.15) is 5.82 Å². The first-order chi connectivity index (χ1) is 13.1. The van der Waals surface area contributed by atoms with Gasteiger partial charge in [-0.25, -0.2) is 0 Å². The average molecular weight is 423 g/mol. The largest absolute Gasteiger partial charge is 0.377 e. The molecule has 0 aliphatic rings. The van der Waals surface area contributed by atoms with Crippen LogP contribution >= 0.6 is 35.0 Å². The van der Waals surface area contributed by atoms with Crippen LogP contribution in [0.4, 0.5) is 5.69 Å². The van der Waals surface area contributed by atoms with Gasteiger partial charge < -0.3 is 10.1 Å². The number of methoxy groups -OCH3 is 1. The van der Waals surface area contributed by atoms with Crippen LogP contribution in [-0.2, 0) is 16.1 Å². The molecule has 1 heterocycles. The van der Waals surface area contributed by atoms with Gasteiger partial charge in [-0.15, -0.1) is 10.2 Å². The topological polar surface area (TPSA) is 69.0 Å². The number of halogens is 2. The van der Waals surface area contributed by atoms with Gasteiger partial charge in [-0.2, -0.15) is 0 Å². The van der Waals surface area contributed by atoms with Crippen LogP contribution in [0.25, 0.3) is 5.69 Å². The summed E-state index contributed by atoms with van der Waals surface area (Å²) in [5.74, 6) is 0.574. The highest BCUT2D eigenvalue weighted by Crippen LogP contribution is 2.30. The van der Waals surface area contributed by atoms with E-state index in [0.717, 1.165) is 5.69 Å². The number of amides is 1. The highest BCUT2D eigenvalue weighted by Gasteiger charge is 2.16. The predicted molar refractivity (Wildman–Crippen MR) is 108 cm³/mol. The van der Waals surface area contributed by atoms with Crippen molar-refractivity contribution in [3.63, 3.8) is 0 Å². The minimum atomic E-state index is -0.222. The van der Waals surface area contributed by atoms with Crippen molar-refractivity contribution in [2.45, 2.75) is 11.8 Å². The van der Waals surface area contributed by atoms with Gasteiger partial charge in [0.05, 0.1) is 21.5 Å². The Hall–Kier alpha value is -2.06. The van der Waals surface area contributed by atoms with E-state index in [1.807, 2.05) is 34.9 Å². The molecule has 1 amide bonds. The quantitative estimate of drug-likeness (QED) is 0.569. The Labute approximate surface area is 170 Å². The van der Waals surface area contributed by atoms with E-state index < -0.39 is 0 Å². The third-order valence-corrected chi connectivity index (χ3v) is 5.29. The number of rotatable bonds is 7. The third-order valence-electron chi connectivity index (χ3n) is 3.55. The van der Waals surface area contributed by atoms with E-state index in [9.17, 15) is 4.79 Å². The summed E-state index contributed by atoms with van der Waals surface area (Å²) >= 11 is 13.3. The fourth-order valence-corrected chi connectivity index (χ4v) is 3.49. The first kappa shape index (κ1) is 19.7. The monoisotopic (exact) mass is 422 g/mol. The van der Waals surface area contributed by atoms with Crippen LogP contribution in [-0.4, -0.2) is 33.5 Å². The van der Waals surface area contributed by atoms with Crippen molar-refractivity contribution in [3.8, 4) is 5.69 Å². The summed E-state index contributed by atoms with van der Waals surface area (Å²) in [7, 11) is 1.60. The smallest absolute Gasteiger partial charge is 0.234 e. The molecule has 1 aromatic heterocycles. The number of thioether (sulfide) groups is 1. The van der Waals surface area contributed by atoms with Gasteiger partial charge >= 0.3 is 0 Å². The number of nitrogens with one attached hydrogen (secondary N) is 1. The van der Waals surface area contributed by atoms with Crippen molar-refractivity contribution in [1.29, 1.82) is 0 Å². The number of ether oxygens (including phenoxy) is 1. The van der Waals surface area contributed by atoms with Crippen molar-refractivity contribution < 1.29 is 9.53 Å². The molecule has 27 heavy (non-hydrogen) atoms. The number of para-hydroxylation sites is 1. The highest BCUT2D eigenvalue weighted by atomic mass is 35.5. The number of anilines is 1. The summed E-state index contributed by atoms with van der Waals surface area (Å²) in [6.07, 6.45) is 0. The van der Waals surface area contributed by atoms with E-state index in [2.05, 4.69) is 15.5 Å². The molecule has 0 fully saturated rings. The molecule has 140 valence electrons. The van der Waals surface area contributed by atoms with Crippen LogP contribution < -0.4 is 5.32 Å². The maximum Gasteiger partial charge on any atom is 0.234 e. The van der Waals surface area contributed by atoms with Gasteiger partial charge in [-0.3, -0.25) is 9.36 Å². The van der Waals surface area contributed by atoms with Gasteiger partial charge in [0, 0.05) is 12.8 Å². The van der Waals surface area contributed by atoms with Crippen molar-refractivity contribution in [1.82, 2.24) is 14.8 Å². The Morgan fingerprint density at radius 2 is 1.93 bits per heavy atom. The highest BCUT2D eigenvalue weighted by molar-refractivity contribution is 7.99. The standard InChI is InChI=1S/C18H16Cl2N4O2S/c1-26-10-15-22-23-18(24(15)12-6-3-2-4-7-12)27-11-16(25)21-14-9-5-8-13(19)17(14)20/h2-9H,10-11H2,1H3,(H,21,25). The maximum atomic E-state index is 12.3. The van der Waals surface area contributed by atoms with Gasteiger partial charge in [-0.1, -0.05) is 59.2 Å². The lowest BCUT2D eigenvalue weighted by Gasteiger charge is -2.10. The van der Waals surface area contributed by atoms with Crippen molar-refractivity contribution >= 4 is 46.6 Å². The first-order valence-corrected chi connectivity index (χ1v) is 9.69. The van der Waals surface area contributed by atoms with E-state index in [-0.39, 0.29) is 11.7 Å². The molecule has 0 aliphatic carbocycles. The van der Waals surface area contributed by atoms with Gasteiger partial charge in [0.15, 0.2) is 11.0 Å². The predicted octanol–water partition coefficient (Wildman–Crippen LogP) is 4.45. The number of hydrogen-bond acceptors (Lipinski definition) is 5. The molecule has 0 atom stereocenters. The fraction of sp³-hybridized carbons (Fsp3) is 0.167. The maximum absolute atomic E-state index is 12.3. The summed E-state index contributed by atoms with van der Waals surface area (Å²) in [4.78, 5) is 12.3. The summed E-state index contributed by atoms with van der Waals surface area (Å²) < 4.78 is 7.06. The van der Waals surface area contributed by atoms with Gasteiger partial charge in [-0.05, 0) is 24.3 Å². The molecule has 1 N–H and O–H groups in total. The second kappa shape index (κ2) is 9.23. The molecule has 6 nitrogen and oxygen atoms in total. The Kier molecular flexibility index (Phi) is 6.73. The molecule has 0 spiro atoms. The fourth-order valence-electron chi connectivity index (χ4n) is 2.37. The number of aromatic nitrogens is 3. The van der Waals surface area contributed by atoms with Crippen LogP contribution in [0.5, 0.6) is 0 Å². The van der Waals surface area contributed by atoms with Gasteiger partial charge in [0.25, 0.3) is 0 Å². The number of benzene rings is 2. The van der Waals surface area contributed by atoms with E-state index >= 15 is 0 Å². The molecule has 0 bridgehead atoms. The minimum absolute atomic E-state index is 0.140. The zero-order valence-corrected chi connectivity index (χ0v) is 16.7. The van der Waals surface area contributed by atoms with Crippen molar-refractivity contribution in [2.24, 2.45) is 0 Å². The van der Waals surface area contributed by atoms with Crippen LogP contribution in [0, 0.1) is 0 Å². The van der Waals surface area contributed by atoms with Gasteiger partial charge in [0.1, 0.15) is 6.61 Å². The molecule has 0 radical (unpaired) electrons. The molecule has 9 heteroatoms. The molecule has 0 unspecified atom stereocenters. The third kappa shape index (κ3) is 4.81. The second-order valence-corrected chi connectivity index (χ2v) is 7.17. The van der Waals surface area contributed by atoms with E-state index in [1.54, 1.807) is 25.3 Å². The number of nitrogens with zero attached hydrogens (tertiary/aromatic N) is 3.